The summed E-state index contributed by atoms with van der Waals surface area (Å²) >= 11 is 5.81. The van der Waals surface area contributed by atoms with Crippen molar-refractivity contribution in [2.45, 2.75) is 26.5 Å². The van der Waals surface area contributed by atoms with Gasteiger partial charge in [0.1, 0.15) is 129 Å². The maximum absolute atomic E-state index is 12.8. The molecule has 0 unspecified atom stereocenters. The number of hydrogen-bond acceptors (Lipinski definition) is 29. The number of sulfonamides is 5. The zero-order valence-electron chi connectivity index (χ0n) is 79.3. The van der Waals surface area contributed by atoms with Crippen LogP contribution in [0.1, 0.15) is 58.7 Å². The zero-order chi connectivity index (χ0) is 108. The molecule has 41 nitrogen and oxygen atoms in total. The minimum absolute atomic E-state index is 0.0274. The molecule has 0 bridgehead atoms. The topological polar surface area (TPSA) is 591 Å². The van der Waals surface area contributed by atoms with Gasteiger partial charge in [-0.3, -0.25) is 38.5 Å². The Morgan fingerprint density at radius 2 is 0.507 bits per heavy atom. The van der Waals surface area contributed by atoms with E-state index in [2.05, 4.69) is 28.9 Å². The number of carboxylic acid groups (broad SMARTS) is 5. The highest BCUT2D eigenvalue weighted by molar-refractivity contribution is 7.93. The van der Waals surface area contributed by atoms with Gasteiger partial charge in [0.2, 0.25) is 15.9 Å². The lowest BCUT2D eigenvalue weighted by Gasteiger charge is -2.14. The monoisotopic (exact) mass is 2170 g/mol. The number of carbonyl (C=O) groups is 6. The molecule has 0 aliphatic carbocycles. The lowest BCUT2D eigenvalue weighted by Crippen LogP contribution is -2.16. The molecule has 0 saturated heterocycles. The van der Waals surface area contributed by atoms with Crippen LogP contribution in [0.5, 0.6) is 63.2 Å². The van der Waals surface area contributed by atoms with Gasteiger partial charge >= 0.3 is 29.8 Å². The molecule has 47 heteroatoms. The first-order chi connectivity index (χ1) is 71.6. The number of nitrogens with one attached hydrogen (secondary N) is 6. The smallest absolute Gasteiger partial charge is 0.335 e. The summed E-state index contributed by atoms with van der Waals surface area (Å²) in [5.74, 6) is -0.704. The van der Waals surface area contributed by atoms with Gasteiger partial charge in [0.15, 0.2) is 4.90 Å². The highest BCUT2D eigenvalue weighted by Crippen LogP contribution is 2.35. The van der Waals surface area contributed by atoms with Crippen molar-refractivity contribution in [3.8, 4) is 63.2 Å². The predicted molar refractivity (Wildman–Crippen MR) is 554 cm³/mol. The summed E-state index contributed by atoms with van der Waals surface area (Å²) in [7, 11) is -17.6. The van der Waals surface area contributed by atoms with Crippen LogP contribution >= 0.6 is 11.6 Å². The summed E-state index contributed by atoms with van der Waals surface area (Å²) in [6, 6.07) is 85.3. The van der Waals surface area contributed by atoms with Crippen molar-refractivity contribution in [1.29, 1.82) is 0 Å². The Kier molecular flexibility index (Phi) is 42.2. The number of carboxylic acids is 5. The third-order valence-electron chi connectivity index (χ3n) is 19.6. The molecular formula is C103H96ClN7O34S5. The molecule has 14 rings (SSSR count). The molecule has 0 aliphatic heterocycles. The first kappa shape index (κ1) is 114. The van der Waals surface area contributed by atoms with Gasteiger partial charge in [-0.2, -0.15) is 0 Å². The van der Waals surface area contributed by atoms with Gasteiger partial charge in [0.25, 0.3) is 45.8 Å². The van der Waals surface area contributed by atoms with E-state index in [4.69, 9.17) is 89.2 Å². The predicted octanol–water partition coefficient (Wildman–Crippen LogP) is 17.3. The number of hydrogen-bond donors (Lipinski definition) is 11. The molecule has 0 fully saturated rings. The number of amides is 1. The maximum Gasteiger partial charge on any atom is 0.335 e. The zero-order valence-corrected chi connectivity index (χ0v) is 84.2. The summed E-state index contributed by atoms with van der Waals surface area (Å²) in [5.41, 5.74) is 2.06. The summed E-state index contributed by atoms with van der Waals surface area (Å²) in [6.45, 7) is 2.93. The van der Waals surface area contributed by atoms with Crippen molar-refractivity contribution in [2.24, 2.45) is 0 Å². The van der Waals surface area contributed by atoms with Crippen LogP contribution in [-0.4, -0.2) is 188 Å². The molecule has 11 N–H and O–H groups in total. The molecule has 1 amide bonds. The number of nitrogens with zero attached hydrogens (tertiary/aromatic N) is 1. The molecule has 150 heavy (non-hydrogen) atoms. The van der Waals surface area contributed by atoms with Gasteiger partial charge in [-0.25, -0.2) is 66.1 Å². The van der Waals surface area contributed by atoms with Crippen molar-refractivity contribution in [3.63, 3.8) is 0 Å². The van der Waals surface area contributed by atoms with Crippen LogP contribution in [0.15, 0.2) is 359 Å². The molecule has 0 heterocycles. The van der Waals surface area contributed by atoms with E-state index in [9.17, 15) is 81.0 Å². The number of benzene rings is 14. The fourth-order valence-corrected chi connectivity index (χ4v) is 17.7. The average Bonchev–Trinajstić information content (AvgIpc) is 0.797. The maximum atomic E-state index is 12.8. The number of nitro benzene ring substituents is 1. The average molecular weight is 2170 g/mol. The molecule has 0 saturated carbocycles. The Bertz CT molecular complexity index is 7570. The number of ether oxygens (including phenoxy) is 11. The van der Waals surface area contributed by atoms with Gasteiger partial charge in [-0.1, -0.05) is 84.4 Å². The molecule has 0 radical (unpaired) electrons. The highest BCUT2D eigenvalue weighted by Gasteiger charge is 2.28. The van der Waals surface area contributed by atoms with Crippen LogP contribution in [0.25, 0.3) is 0 Å². The fraction of sp³-hybridized carbons (Fsp3) is 0.126. The fourth-order valence-electron chi connectivity index (χ4n) is 12.5. The van der Waals surface area contributed by atoms with E-state index in [1.807, 2.05) is 0 Å². The summed E-state index contributed by atoms with van der Waals surface area (Å²) < 4.78 is 197. The second kappa shape index (κ2) is 55.4. The van der Waals surface area contributed by atoms with E-state index >= 15 is 0 Å². The van der Waals surface area contributed by atoms with Crippen molar-refractivity contribution in [1.82, 2.24) is 0 Å². The molecular weight excluding hydrogens is 2070 g/mol. The molecule has 14 aromatic rings. The minimum Gasteiger partial charge on any atom is -0.497 e. The van der Waals surface area contributed by atoms with E-state index < -0.39 is 95.5 Å². The number of halogens is 1. The van der Waals surface area contributed by atoms with Gasteiger partial charge < -0.3 is 83.0 Å². The Balaban J connectivity index is 0.000000192. The summed E-state index contributed by atoms with van der Waals surface area (Å²) in [5, 5.41) is 58.6. The Hall–Kier alpha value is -17.9. The lowest BCUT2D eigenvalue weighted by molar-refractivity contribution is -0.387. The van der Waals surface area contributed by atoms with Crippen LogP contribution < -0.4 is 81.0 Å². The van der Waals surface area contributed by atoms with Crippen molar-refractivity contribution >= 4 is 137 Å². The lowest BCUT2D eigenvalue weighted by atomic mass is 10.2. The van der Waals surface area contributed by atoms with Gasteiger partial charge in [0, 0.05) is 23.7 Å². The molecule has 0 aromatic heterocycles. The van der Waals surface area contributed by atoms with Gasteiger partial charge in [-0.05, 0) is 261 Å². The number of rotatable bonds is 47. The van der Waals surface area contributed by atoms with E-state index in [1.165, 1.54) is 166 Å². The van der Waals surface area contributed by atoms with E-state index in [1.54, 1.807) is 176 Å². The number of carbonyl (C=O) groups excluding carboxylic acids is 1. The van der Waals surface area contributed by atoms with Crippen molar-refractivity contribution < 1.29 is 153 Å². The third-order valence-corrected chi connectivity index (χ3v) is 26.0. The van der Waals surface area contributed by atoms with Crippen LogP contribution in [-0.2, 0) is 54.9 Å². The largest absolute Gasteiger partial charge is 0.497 e. The highest BCUT2D eigenvalue weighted by atomic mass is 35.5. The van der Waals surface area contributed by atoms with E-state index in [-0.39, 0.29) is 132 Å². The summed E-state index contributed by atoms with van der Waals surface area (Å²) in [6.07, 6.45) is 1.06. The number of aromatic carboxylic acids is 5. The Labute approximate surface area is 865 Å². The van der Waals surface area contributed by atoms with Crippen LogP contribution in [0.2, 0.25) is 5.02 Å². The van der Waals surface area contributed by atoms with Crippen molar-refractivity contribution in [3.05, 3.63) is 383 Å². The molecule has 784 valence electrons. The Morgan fingerprint density at radius 1 is 0.287 bits per heavy atom. The van der Waals surface area contributed by atoms with Crippen LogP contribution in [0, 0.1) is 10.1 Å². The van der Waals surface area contributed by atoms with Gasteiger partial charge in [-0.15, -0.1) is 0 Å². The molecule has 0 aliphatic rings. The number of anilines is 6. The minimum atomic E-state index is -4.25. The molecule has 0 atom stereocenters. The molecule has 14 aromatic carbocycles. The second-order valence-electron chi connectivity index (χ2n) is 30.5. The molecule has 0 spiro atoms. The first-order valence-electron chi connectivity index (χ1n) is 44.1. The quantitative estimate of drug-likeness (QED) is 0.00958. The van der Waals surface area contributed by atoms with Crippen LogP contribution in [0.4, 0.5) is 39.8 Å². The SMILES string of the molecule is CC(=O)Nc1ccc(S(=O)(=O)Nc2ccccc2OCCOc2ccc(C(=O)O)cc2)cc1.COc1ccc(S(=O)(=O)Nc2ccccc2OCCOc2ccc(C(=O)O)cc2)cc1.CS(=O)(=O)Nc1ccccc1OCCOc1ccc(C(=O)O)cc1.O=C(O)c1ccc(OCCOc2ccccc2NS(=O)(=O)c2ccc(Cl)cc2)cc1.O=C(O)c1ccc(OCCOc2ccccc2NS(=O)(=O)c2ccccc2[N+](=O)[O-])cc1. The van der Waals surface area contributed by atoms with Crippen LogP contribution in [0.3, 0.4) is 0 Å². The number of nitro groups is 1. The van der Waals surface area contributed by atoms with Crippen molar-refractivity contribution in [2.75, 3.05) is 108 Å². The Morgan fingerprint density at radius 3 is 0.753 bits per heavy atom. The summed E-state index contributed by atoms with van der Waals surface area (Å²) in [4.78, 5) is 75.5. The number of para-hydroxylation sites is 11. The third kappa shape index (κ3) is 37.0. The van der Waals surface area contributed by atoms with E-state index in [0.29, 0.717) is 85.3 Å². The first-order valence-corrected chi connectivity index (χ1v) is 52.3. The standard InChI is InChI=1S/C23H22N2O7S.C22H21NO7S.C21H18ClNO6S.C21H18N2O8S.C16H17NO6S/c1-16(26)24-18-8-12-20(13-9-18)33(29,30)25-21-4-2-3-5-22(21)32-15-14-31-19-10-6-17(7-11-19)23(27)28;1-28-17-10-12-19(13-11-17)31(26,27)23-20-4-2-3-5-21(20)30-15-14-29-18-8-6-16(7-9-18)22(24)25;22-16-7-11-18(12-8-16)30(26,27)23-19-3-1-2-4-20(19)29-14-13-28-17-9-5-15(6-10-17)21(24)25;24-21(25)15-9-11-16(12-10-15)30-13-14-31-19-7-3-1-5-17(19)22-32(28,29)20-8-4-2-6-18(20)23(26)27;1-24(20,21)17-14-4-2-3-5-15(14)23-11-10-22-13-8-6-12(7-9-13)16(18)19/h2-13,25H,14-15H2,1H3,(H,24,26)(H,27,28);2-13,23H,14-15H2,1H3,(H,24,25);1-12,23H,13-14H2,(H,24,25);1-12,22H,13-14H2,(H,24,25);2-9,17H,10-11H2,1H3,(H,18,19). The van der Waals surface area contributed by atoms with Gasteiger partial charge in [0.05, 0.1) is 89.2 Å². The second-order valence-corrected chi connectivity index (χ2v) is 39.4. The normalized spacial score (nSPS) is 10.9. The van der Waals surface area contributed by atoms with E-state index in [0.717, 1.165) is 18.4 Å². The number of methoxy groups -OCH3 is 1.